The van der Waals surface area contributed by atoms with Gasteiger partial charge in [-0.1, -0.05) is 0 Å². The van der Waals surface area contributed by atoms with Crippen LogP contribution in [0.4, 0.5) is 0 Å². The summed E-state index contributed by atoms with van der Waals surface area (Å²) in [5.41, 5.74) is 2.98. The van der Waals surface area contributed by atoms with Gasteiger partial charge in [0.25, 0.3) is 5.91 Å². The Balaban J connectivity index is 1.62. The second kappa shape index (κ2) is 5.94. The number of thiophene rings is 1. The highest BCUT2D eigenvalue weighted by Gasteiger charge is 2.28. The third kappa shape index (κ3) is 2.78. The van der Waals surface area contributed by atoms with Crippen LogP contribution in [0.1, 0.15) is 51.1 Å². The standard InChI is InChI=1S/C18H18N4OS/c1-10-14-11(2)21-16(13-3-4-13)22-18(14)24-15(10)17(23)20-9-12-5-7-19-8-6-12/h5-8,13H,3-4,9H2,1-2H3,(H,20,23). The molecule has 0 unspecified atom stereocenters. The largest absolute Gasteiger partial charge is 0.347 e. The van der Waals surface area contributed by atoms with Crippen molar-refractivity contribution in [3.05, 3.63) is 52.0 Å². The molecule has 0 radical (unpaired) electrons. The third-order valence-corrected chi connectivity index (χ3v) is 5.52. The van der Waals surface area contributed by atoms with Crippen LogP contribution in [-0.4, -0.2) is 20.9 Å². The van der Waals surface area contributed by atoms with Gasteiger partial charge in [-0.3, -0.25) is 9.78 Å². The summed E-state index contributed by atoms with van der Waals surface area (Å²) in [6, 6.07) is 3.80. The molecule has 5 nitrogen and oxygen atoms in total. The normalized spacial score (nSPS) is 14.1. The molecule has 1 aliphatic rings. The summed E-state index contributed by atoms with van der Waals surface area (Å²) in [6.07, 6.45) is 5.80. The molecule has 1 N–H and O–H groups in total. The lowest BCUT2D eigenvalue weighted by Gasteiger charge is -2.04. The Hall–Kier alpha value is -2.34. The first-order valence-corrected chi connectivity index (χ1v) is 8.90. The average Bonchev–Trinajstić information content (AvgIpc) is 3.38. The van der Waals surface area contributed by atoms with Gasteiger partial charge in [0.15, 0.2) is 0 Å². The molecule has 1 saturated carbocycles. The molecule has 3 heterocycles. The molecule has 1 amide bonds. The first-order valence-electron chi connectivity index (χ1n) is 8.08. The molecular formula is C18H18N4OS. The quantitative estimate of drug-likeness (QED) is 0.790. The van der Waals surface area contributed by atoms with Crippen LogP contribution in [0.2, 0.25) is 0 Å². The van der Waals surface area contributed by atoms with Gasteiger partial charge in [-0.15, -0.1) is 11.3 Å². The molecule has 0 aliphatic heterocycles. The molecule has 0 atom stereocenters. The van der Waals surface area contributed by atoms with E-state index in [1.165, 1.54) is 24.2 Å². The fourth-order valence-electron chi connectivity index (χ4n) is 2.86. The number of nitrogens with one attached hydrogen (secondary N) is 1. The van der Waals surface area contributed by atoms with Crippen LogP contribution in [-0.2, 0) is 6.54 Å². The minimum absolute atomic E-state index is 0.0558. The molecule has 0 bridgehead atoms. The van der Waals surface area contributed by atoms with Gasteiger partial charge >= 0.3 is 0 Å². The number of aromatic nitrogens is 3. The lowest BCUT2D eigenvalue weighted by molar-refractivity contribution is 0.0954. The van der Waals surface area contributed by atoms with E-state index in [1.54, 1.807) is 12.4 Å². The highest BCUT2D eigenvalue weighted by atomic mass is 32.1. The van der Waals surface area contributed by atoms with Gasteiger partial charge in [-0.05, 0) is 49.9 Å². The van der Waals surface area contributed by atoms with Gasteiger partial charge in [0.2, 0.25) is 0 Å². The van der Waals surface area contributed by atoms with Crippen LogP contribution < -0.4 is 5.32 Å². The SMILES string of the molecule is Cc1nc(C2CC2)nc2sc(C(=O)NCc3ccncc3)c(C)c12. The molecule has 0 aromatic carbocycles. The summed E-state index contributed by atoms with van der Waals surface area (Å²) < 4.78 is 0. The van der Waals surface area contributed by atoms with Crippen molar-refractivity contribution in [1.82, 2.24) is 20.3 Å². The Bertz CT molecular complexity index is 916. The highest BCUT2D eigenvalue weighted by molar-refractivity contribution is 7.20. The van der Waals surface area contributed by atoms with E-state index < -0.39 is 0 Å². The predicted octanol–water partition coefficient (Wildman–Crippen LogP) is 3.51. The number of carbonyl (C=O) groups is 1. The molecule has 4 rings (SSSR count). The molecule has 24 heavy (non-hydrogen) atoms. The van der Waals surface area contributed by atoms with E-state index in [4.69, 9.17) is 4.98 Å². The molecule has 6 heteroatoms. The number of pyridine rings is 1. The van der Waals surface area contributed by atoms with Crippen molar-refractivity contribution in [2.45, 2.75) is 39.2 Å². The fraction of sp³-hybridized carbons (Fsp3) is 0.333. The zero-order valence-corrected chi connectivity index (χ0v) is 14.5. The average molecular weight is 338 g/mol. The van der Waals surface area contributed by atoms with Gasteiger partial charge in [0, 0.05) is 30.2 Å². The summed E-state index contributed by atoms with van der Waals surface area (Å²) in [6.45, 7) is 4.48. The number of fused-ring (bicyclic) bond motifs is 1. The van der Waals surface area contributed by atoms with E-state index in [2.05, 4.69) is 15.3 Å². The number of amides is 1. The Labute approximate surface area is 144 Å². The minimum Gasteiger partial charge on any atom is -0.347 e. The summed E-state index contributed by atoms with van der Waals surface area (Å²) in [7, 11) is 0. The van der Waals surface area contributed by atoms with Crippen LogP contribution in [0.5, 0.6) is 0 Å². The van der Waals surface area contributed by atoms with Crippen LogP contribution in [0.3, 0.4) is 0 Å². The third-order valence-electron chi connectivity index (χ3n) is 4.34. The first-order chi connectivity index (χ1) is 11.6. The number of hydrogen-bond donors (Lipinski definition) is 1. The number of rotatable bonds is 4. The van der Waals surface area contributed by atoms with Gasteiger partial charge in [-0.2, -0.15) is 0 Å². The van der Waals surface area contributed by atoms with Crippen LogP contribution in [0.15, 0.2) is 24.5 Å². The van der Waals surface area contributed by atoms with Crippen LogP contribution >= 0.6 is 11.3 Å². The van der Waals surface area contributed by atoms with E-state index in [-0.39, 0.29) is 5.91 Å². The van der Waals surface area contributed by atoms with Gasteiger partial charge in [0.05, 0.1) is 10.6 Å². The molecule has 0 saturated heterocycles. The predicted molar refractivity (Wildman–Crippen MR) is 94.3 cm³/mol. The fourth-order valence-corrected chi connectivity index (χ4v) is 4.02. The Morgan fingerprint density at radius 3 is 2.71 bits per heavy atom. The molecule has 122 valence electrons. The Morgan fingerprint density at radius 2 is 2.00 bits per heavy atom. The van der Waals surface area contributed by atoms with Crippen LogP contribution in [0, 0.1) is 13.8 Å². The van der Waals surface area contributed by atoms with E-state index in [0.717, 1.165) is 37.7 Å². The maximum Gasteiger partial charge on any atom is 0.261 e. The van der Waals surface area contributed by atoms with E-state index in [9.17, 15) is 4.79 Å². The highest BCUT2D eigenvalue weighted by Crippen LogP contribution is 2.40. The van der Waals surface area contributed by atoms with Gasteiger partial charge in [-0.25, -0.2) is 9.97 Å². The monoisotopic (exact) mass is 338 g/mol. The maximum atomic E-state index is 12.6. The van der Waals surface area contributed by atoms with Gasteiger partial charge in [0.1, 0.15) is 10.7 Å². The lowest BCUT2D eigenvalue weighted by Crippen LogP contribution is -2.22. The van der Waals surface area contributed by atoms with E-state index in [1.807, 2.05) is 26.0 Å². The Kier molecular flexibility index (Phi) is 3.76. The van der Waals surface area contributed by atoms with Gasteiger partial charge < -0.3 is 5.32 Å². The first kappa shape index (κ1) is 15.2. The zero-order chi connectivity index (χ0) is 16.7. The van der Waals surface area contributed by atoms with E-state index >= 15 is 0 Å². The number of carbonyl (C=O) groups excluding carboxylic acids is 1. The Morgan fingerprint density at radius 1 is 1.25 bits per heavy atom. The van der Waals surface area contributed by atoms with Crippen molar-refractivity contribution in [2.75, 3.05) is 0 Å². The van der Waals surface area contributed by atoms with Crippen molar-refractivity contribution < 1.29 is 4.79 Å². The van der Waals surface area contributed by atoms with Crippen LogP contribution in [0.25, 0.3) is 10.2 Å². The lowest BCUT2D eigenvalue weighted by atomic mass is 10.1. The molecule has 1 aliphatic carbocycles. The van der Waals surface area contributed by atoms with E-state index in [0.29, 0.717) is 12.5 Å². The second-order valence-electron chi connectivity index (χ2n) is 6.22. The molecule has 0 spiro atoms. The summed E-state index contributed by atoms with van der Waals surface area (Å²) in [5.74, 6) is 1.39. The molecular weight excluding hydrogens is 320 g/mol. The molecule has 3 aromatic rings. The number of nitrogens with zero attached hydrogens (tertiary/aromatic N) is 3. The maximum absolute atomic E-state index is 12.6. The summed E-state index contributed by atoms with van der Waals surface area (Å²) >= 11 is 1.47. The second-order valence-corrected chi connectivity index (χ2v) is 7.22. The topological polar surface area (TPSA) is 67.8 Å². The zero-order valence-electron chi connectivity index (χ0n) is 13.7. The smallest absolute Gasteiger partial charge is 0.261 e. The van der Waals surface area contributed by atoms with Crippen molar-refractivity contribution in [2.24, 2.45) is 0 Å². The molecule has 3 aromatic heterocycles. The van der Waals surface area contributed by atoms with Crippen molar-refractivity contribution in [3.63, 3.8) is 0 Å². The number of aryl methyl sites for hydroxylation is 2. The number of hydrogen-bond acceptors (Lipinski definition) is 5. The van der Waals surface area contributed by atoms with Crippen molar-refractivity contribution in [3.8, 4) is 0 Å². The van der Waals surface area contributed by atoms with Crippen molar-refractivity contribution >= 4 is 27.5 Å². The minimum atomic E-state index is -0.0558. The summed E-state index contributed by atoms with van der Waals surface area (Å²) in [4.78, 5) is 27.6. The summed E-state index contributed by atoms with van der Waals surface area (Å²) in [5, 5.41) is 4.01. The molecule has 1 fully saturated rings. The van der Waals surface area contributed by atoms with Crippen molar-refractivity contribution in [1.29, 1.82) is 0 Å².